The van der Waals surface area contributed by atoms with Gasteiger partial charge in [-0.1, -0.05) is 6.92 Å². The molecule has 2 unspecified atom stereocenters. The van der Waals surface area contributed by atoms with E-state index >= 15 is 0 Å². The third-order valence-corrected chi connectivity index (χ3v) is 2.80. The number of aryl methyl sites for hydroxylation is 1. The van der Waals surface area contributed by atoms with Crippen molar-refractivity contribution >= 4 is 0 Å². The van der Waals surface area contributed by atoms with E-state index in [1.165, 1.54) is 0 Å². The first-order valence-corrected chi connectivity index (χ1v) is 5.31. The smallest absolute Gasteiger partial charge is 0.134 e. The lowest BCUT2D eigenvalue weighted by Gasteiger charge is -2.15. The predicted octanol–water partition coefficient (Wildman–Crippen LogP) is 1.63. The summed E-state index contributed by atoms with van der Waals surface area (Å²) in [6.45, 7) is 3.05. The van der Waals surface area contributed by atoms with Gasteiger partial charge in [0.2, 0.25) is 0 Å². The summed E-state index contributed by atoms with van der Waals surface area (Å²) < 4.78 is 5.52. The molecule has 3 heteroatoms. The zero-order valence-electron chi connectivity index (χ0n) is 8.49. The summed E-state index contributed by atoms with van der Waals surface area (Å²) in [6.07, 6.45) is 2.56. The van der Waals surface area contributed by atoms with Crippen LogP contribution in [0, 0.1) is 0 Å². The van der Waals surface area contributed by atoms with Gasteiger partial charge in [0.05, 0.1) is 0 Å². The zero-order chi connectivity index (χ0) is 9.97. The Bertz CT molecular complexity index is 289. The third-order valence-electron chi connectivity index (χ3n) is 2.80. The van der Waals surface area contributed by atoms with Gasteiger partial charge in [0.25, 0.3) is 0 Å². The lowest BCUT2D eigenvalue weighted by molar-refractivity contribution is 0.112. The summed E-state index contributed by atoms with van der Waals surface area (Å²) >= 11 is 0. The van der Waals surface area contributed by atoms with Crippen LogP contribution in [0.25, 0.3) is 0 Å². The molecule has 1 fully saturated rings. The molecule has 1 saturated heterocycles. The minimum Gasteiger partial charge on any atom is -0.463 e. The van der Waals surface area contributed by atoms with Crippen LogP contribution >= 0.6 is 0 Å². The largest absolute Gasteiger partial charge is 0.463 e. The van der Waals surface area contributed by atoms with Crippen LogP contribution in [0.15, 0.2) is 16.5 Å². The van der Waals surface area contributed by atoms with Gasteiger partial charge >= 0.3 is 0 Å². The van der Waals surface area contributed by atoms with Crippen molar-refractivity contribution in [1.29, 1.82) is 0 Å². The fourth-order valence-corrected chi connectivity index (χ4v) is 1.92. The summed E-state index contributed by atoms with van der Waals surface area (Å²) in [5.41, 5.74) is 0. The molecule has 0 saturated carbocycles. The number of hydrogen-bond donors (Lipinski definition) is 2. The van der Waals surface area contributed by atoms with E-state index in [1.807, 2.05) is 19.1 Å². The molecule has 14 heavy (non-hydrogen) atoms. The summed E-state index contributed by atoms with van der Waals surface area (Å²) in [4.78, 5) is 0. The van der Waals surface area contributed by atoms with E-state index in [0.29, 0.717) is 5.76 Å². The lowest BCUT2D eigenvalue weighted by Crippen LogP contribution is -2.28. The molecule has 2 atom stereocenters. The molecule has 1 aliphatic rings. The molecule has 1 aliphatic heterocycles. The Morgan fingerprint density at radius 2 is 2.50 bits per heavy atom. The average Bonchev–Trinajstić information content (AvgIpc) is 2.88. The van der Waals surface area contributed by atoms with Crippen molar-refractivity contribution in [1.82, 2.24) is 5.32 Å². The van der Waals surface area contributed by atoms with E-state index in [4.69, 9.17) is 4.42 Å². The molecule has 3 nitrogen and oxygen atoms in total. The van der Waals surface area contributed by atoms with Crippen molar-refractivity contribution in [3.05, 3.63) is 23.7 Å². The SMILES string of the molecule is CCc1ccc(C(O)C2CCCN2)o1. The predicted molar refractivity (Wildman–Crippen MR) is 54.1 cm³/mol. The van der Waals surface area contributed by atoms with E-state index in [-0.39, 0.29) is 6.04 Å². The molecule has 2 rings (SSSR count). The zero-order valence-corrected chi connectivity index (χ0v) is 8.49. The van der Waals surface area contributed by atoms with E-state index in [1.54, 1.807) is 0 Å². The molecule has 78 valence electrons. The molecule has 0 aliphatic carbocycles. The van der Waals surface area contributed by atoms with Crippen molar-refractivity contribution < 1.29 is 9.52 Å². The summed E-state index contributed by atoms with van der Waals surface area (Å²) in [5.74, 6) is 1.64. The molecular formula is C11H17NO2. The Labute approximate surface area is 84.1 Å². The number of nitrogens with one attached hydrogen (secondary N) is 1. The van der Waals surface area contributed by atoms with Crippen LogP contribution < -0.4 is 5.32 Å². The lowest BCUT2D eigenvalue weighted by atomic mass is 10.1. The van der Waals surface area contributed by atoms with Gasteiger partial charge in [-0.3, -0.25) is 0 Å². The first kappa shape index (κ1) is 9.74. The second kappa shape index (κ2) is 4.15. The van der Waals surface area contributed by atoms with E-state index in [9.17, 15) is 5.11 Å². The number of furan rings is 1. The summed E-state index contributed by atoms with van der Waals surface area (Å²) in [6, 6.07) is 3.99. The molecule has 1 aromatic rings. The fraction of sp³-hybridized carbons (Fsp3) is 0.636. The molecule has 1 aromatic heterocycles. The maximum absolute atomic E-state index is 9.97. The highest BCUT2D eigenvalue weighted by atomic mass is 16.4. The second-order valence-electron chi connectivity index (χ2n) is 3.81. The highest BCUT2D eigenvalue weighted by Crippen LogP contribution is 2.24. The molecule has 2 heterocycles. The fourth-order valence-electron chi connectivity index (χ4n) is 1.92. The van der Waals surface area contributed by atoms with Gasteiger partial charge in [0.1, 0.15) is 17.6 Å². The van der Waals surface area contributed by atoms with E-state index in [2.05, 4.69) is 5.32 Å². The number of hydrogen-bond acceptors (Lipinski definition) is 3. The van der Waals surface area contributed by atoms with Crippen LogP contribution in [-0.2, 0) is 6.42 Å². The molecular weight excluding hydrogens is 178 g/mol. The summed E-state index contributed by atoms with van der Waals surface area (Å²) in [5, 5.41) is 13.2. The molecule has 2 N–H and O–H groups in total. The third kappa shape index (κ3) is 1.83. The molecule has 0 amide bonds. The Morgan fingerprint density at radius 1 is 1.64 bits per heavy atom. The van der Waals surface area contributed by atoms with Crippen LogP contribution in [0.2, 0.25) is 0 Å². The molecule has 0 spiro atoms. The standard InChI is InChI=1S/C11H17NO2/c1-2-8-5-6-10(14-8)11(13)9-4-3-7-12-9/h5-6,9,11-13H,2-4,7H2,1H3. The first-order valence-electron chi connectivity index (χ1n) is 5.31. The normalized spacial score (nSPS) is 24.0. The minimum atomic E-state index is -0.488. The number of aliphatic hydroxyl groups is 1. The van der Waals surface area contributed by atoms with Gasteiger partial charge in [-0.2, -0.15) is 0 Å². The van der Waals surface area contributed by atoms with Crippen LogP contribution in [0.3, 0.4) is 0 Å². The van der Waals surface area contributed by atoms with Gasteiger partial charge in [-0.05, 0) is 31.5 Å². The number of aliphatic hydroxyl groups excluding tert-OH is 1. The van der Waals surface area contributed by atoms with Crippen LogP contribution in [0.1, 0.15) is 37.4 Å². The average molecular weight is 195 g/mol. The van der Waals surface area contributed by atoms with Crippen molar-refractivity contribution in [3.63, 3.8) is 0 Å². The Balaban J connectivity index is 2.05. The Kier molecular flexibility index (Phi) is 2.89. The van der Waals surface area contributed by atoms with Gasteiger partial charge in [0.15, 0.2) is 0 Å². The molecule has 0 radical (unpaired) electrons. The molecule has 0 aromatic carbocycles. The van der Waals surface area contributed by atoms with Crippen LogP contribution in [0.4, 0.5) is 0 Å². The van der Waals surface area contributed by atoms with Crippen molar-refractivity contribution in [2.45, 2.75) is 38.3 Å². The Morgan fingerprint density at radius 3 is 3.07 bits per heavy atom. The topological polar surface area (TPSA) is 45.4 Å². The second-order valence-corrected chi connectivity index (χ2v) is 3.81. The van der Waals surface area contributed by atoms with Crippen molar-refractivity contribution in [3.8, 4) is 0 Å². The van der Waals surface area contributed by atoms with Gasteiger partial charge < -0.3 is 14.8 Å². The van der Waals surface area contributed by atoms with Crippen LogP contribution in [-0.4, -0.2) is 17.7 Å². The maximum atomic E-state index is 9.97. The number of rotatable bonds is 3. The first-order chi connectivity index (χ1) is 6.81. The molecule has 0 bridgehead atoms. The van der Waals surface area contributed by atoms with Gasteiger partial charge in [-0.25, -0.2) is 0 Å². The van der Waals surface area contributed by atoms with Gasteiger partial charge in [0, 0.05) is 12.5 Å². The Hall–Kier alpha value is -0.800. The van der Waals surface area contributed by atoms with Crippen molar-refractivity contribution in [2.75, 3.05) is 6.54 Å². The quantitative estimate of drug-likeness (QED) is 0.770. The van der Waals surface area contributed by atoms with Crippen LogP contribution in [0.5, 0.6) is 0 Å². The minimum absolute atomic E-state index is 0.172. The highest BCUT2D eigenvalue weighted by Gasteiger charge is 2.25. The van der Waals surface area contributed by atoms with Gasteiger partial charge in [-0.15, -0.1) is 0 Å². The van der Waals surface area contributed by atoms with E-state index in [0.717, 1.165) is 31.6 Å². The van der Waals surface area contributed by atoms with E-state index < -0.39 is 6.10 Å². The summed E-state index contributed by atoms with van der Waals surface area (Å²) in [7, 11) is 0. The highest BCUT2D eigenvalue weighted by molar-refractivity contribution is 5.11. The monoisotopic (exact) mass is 195 g/mol. The van der Waals surface area contributed by atoms with Crippen molar-refractivity contribution in [2.24, 2.45) is 0 Å². The maximum Gasteiger partial charge on any atom is 0.134 e.